The number of carbonyl (C=O) groups is 2. The minimum absolute atomic E-state index is 0.0211. The van der Waals surface area contributed by atoms with Crippen LogP contribution in [0.5, 0.6) is 0 Å². The number of amides is 1. The van der Waals surface area contributed by atoms with Crippen LogP contribution < -0.4 is 16.0 Å². The summed E-state index contributed by atoms with van der Waals surface area (Å²) in [6.07, 6.45) is 0.788. The molecule has 3 rings (SSSR count). The molecule has 0 saturated heterocycles. The fraction of sp³-hybridized carbons (Fsp3) is 0.481. The Kier molecular flexibility index (Phi) is 10.3. The van der Waals surface area contributed by atoms with Crippen molar-refractivity contribution in [1.82, 2.24) is 10.6 Å². The molecule has 1 heterocycles. The average Bonchev–Trinajstić information content (AvgIpc) is 2.75. The summed E-state index contributed by atoms with van der Waals surface area (Å²) in [5.41, 5.74) is 3.86. The van der Waals surface area contributed by atoms with Gasteiger partial charge < -0.3 is 25.9 Å². The third-order valence-electron chi connectivity index (χ3n) is 5.85. The van der Waals surface area contributed by atoms with Gasteiger partial charge in [-0.15, -0.1) is 0 Å². The maximum atomic E-state index is 13.6. The maximum absolute atomic E-state index is 13.6. The highest BCUT2D eigenvalue weighted by Crippen LogP contribution is 2.34. The van der Waals surface area contributed by atoms with Gasteiger partial charge in [-0.3, -0.25) is 4.79 Å². The van der Waals surface area contributed by atoms with Crippen LogP contribution in [-0.2, 0) is 21.4 Å². The second-order valence-electron chi connectivity index (χ2n) is 9.82. The first-order valence-corrected chi connectivity index (χ1v) is 11.9. The molecule has 0 fully saturated rings. The molecule has 1 aliphatic heterocycles. The van der Waals surface area contributed by atoms with Crippen molar-refractivity contribution in [2.45, 2.75) is 71.1 Å². The van der Waals surface area contributed by atoms with E-state index in [9.17, 15) is 18.7 Å². The predicted molar refractivity (Wildman–Crippen MR) is 134 cm³/mol. The summed E-state index contributed by atoms with van der Waals surface area (Å²) in [4.78, 5) is 20.5. The molecule has 0 aliphatic carbocycles. The highest BCUT2D eigenvalue weighted by Gasteiger charge is 2.26. The summed E-state index contributed by atoms with van der Waals surface area (Å²) >= 11 is 0. The second kappa shape index (κ2) is 12.7. The normalized spacial score (nSPS) is 16.6. The highest BCUT2D eigenvalue weighted by atomic mass is 19.1. The second-order valence-corrected chi connectivity index (χ2v) is 9.82. The maximum Gasteiger partial charge on any atom is 0.217 e. The van der Waals surface area contributed by atoms with E-state index in [4.69, 9.17) is 4.79 Å². The highest BCUT2D eigenvalue weighted by molar-refractivity contribution is 5.73. The lowest BCUT2D eigenvalue weighted by molar-refractivity contribution is -0.120. The molecule has 0 saturated carbocycles. The largest absolute Gasteiger partial charge is 0.390 e. The van der Waals surface area contributed by atoms with Gasteiger partial charge in [0.2, 0.25) is 5.91 Å². The molecule has 0 radical (unpaired) electrons. The molecule has 0 spiro atoms. The lowest BCUT2D eigenvalue weighted by Crippen LogP contribution is -2.48. The Morgan fingerprint density at radius 3 is 2.40 bits per heavy atom. The van der Waals surface area contributed by atoms with Gasteiger partial charge in [-0.1, -0.05) is 32.9 Å². The van der Waals surface area contributed by atoms with Crippen molar-refractivity contribution in [2.24, 2.45) is 0 Å². The van der Waals surface area contributed by atoms with Crippen molar-refractivity contribution in [3.8, 4) is 0 Å². The molecule has 192 valence electrons. The Hall–Kier alpha value is -2.84. The Morgan fingerprint density at radius 2 is 1.83 bits per heavy atom. The van der Waals surface area contributed by atoms with Gasteiger partial charge >= 0.3 is 0 Å². The molecule has 2 aromatic carbocycles. The van der Waals surface area contributed by atoms with Gasteiger partial charge in [0.15, 0.2) is 0 Å². The lowest BCUT2D eigenvalue weighted by atomic mass is 9.84. The van der Waals surface area contributed by atoms with Gasteiger partial charge in [0, 0.05) is 37.8 Å². The van der Waals surface area contributed by atoms with Gasteiger partial charge in [-0.2, -0.15) is 0 Å². The van der Waals surface area contributed by atoms with E-state index in [0.29, 0.717) is 5.56 Å². The lowest BCUT2D eigenvalue weighted by Gasteiger charge is -2.32. The number of carbonyl (C=O) groups excluding carboxylic acids is 2. The van der Waals surface area contributed by atoms with Crippen LogP contribution in [0.1, 0.15) is 63.8 Å². The first kappa shape index (κ1) is 28.4. The number of anilines is 1. The Labute approximate surface area is 206 Å². The first-order valence-electron chi connectivity index (χ1n) is 11.9. The zero-order valence-electron chi connectivity index (χ0n) is 21.1. The molecule has 6 nitrogen and oxygen atoms in total. The standard InChI is InChI=1S/C25H33F2N3O2.C2H4O/c1-15(31)30-23(11-16-9-18(26)13-19(27)10-16)24(32)14-29-22-7-8-28-21-6-5-17(12-20(21)22)25(2,3)4;1-2-3/h5-6,9-10,12-13,22-24,28-29,32H,7-8,11,14H2,1-4H3,(H,30,31);2H,1H3/t22-,23-,24+;/m0./s1. The molecule has 4 N–H and O–H groups in total. The fourth-order valence-electron chi connectivity index (χ4n) is 4.13. The zero-order chi connectivity index (χ0) is 26.2. The van der Waals surface area contributed by atoms with Crippen molar-refractivity contribution in [3.05, 3.63) is 64.7 Å². The minimum Gasteiger partial charge on any atom is -0.390 e. The van der Waals surface area contributed by atoms with E-state index in [-0.39, 0.29) is 30.3 Å². The van der Waals surface area contributed by atoms with Crippen LogP contribution in [-0.4, -0.2) is 42.5 Å². The van der Waals surface area contributed by atoms with Gasteiger partial charge in [0.05, 0.1) is 12.1 Å². The first-order chi connectivity index (χ1) is 16.4. The number of fused-ring (bicyclic) bond motifs is 1. The number of hydrogen-bond donors (Lipinski definition) is 4. The van der Waals surface area contributed by atoms with Crippen LogP contribution in [0.15, 0.2) is 36.4 Å². The summed E-state index contributed by atoms with van der Waals surface area (Å²) in [5.74, 6) is -1.68. The van der Waals surface area contributed by atoms with Crippen LogP contribution in [0, 0.1) is 11.6 Å². The molecule has 0 aromatic heterocycles. The SMILES string of the molecule is CC(=O)N[C@@H](Cc1cc(F)cc(F)c1)[C@H](O)CN[C@H]1CCNc2ccc(C(C)(C)C)cc21.CC=O. The molecule has 1 aliphatic rings. The molecular weight excluding hydrogens is 452 g/mol. The summed E-state index contributed by atoms with van der Waals surface area (Å²) in [7, 11) is 0. The van der Waals surface area contributed by atoms with Gasteiger partial charge in [-0.05, 0) is 60.1 Å². The molecule has 0 bridgehead atoms. The summed E-state index contributed by atoms with van der Waals surface area (Å²) in [5, 5.41) is 20.4. The molecule has 2 aromatic rings. The fourth-order valence-corrected chi connectivity index (χ4v) is 4.13. The number of aliphatic hydroxyl groups excluding tert-OH is 1. The zero-order valence-corrected chi connectivity index (χ0v) is 21.1. The Morgan fingerprint density at radius 1 is 1.20 bits per heavy atom. The number of benzene rings is 2. The van der Waals surface area contributed by atoms with Crippen LogP contribution >= 0.6 is 0 Å². The molecule has 3 atom stereocenters. The van der Waals surface area contributed by atoms with Gasteiger partial charge in [-0.25, -0.2) is 8.78 Å². The van der Waals surface area contributed by atoms with E-state index in [1.807, 2.05) is 0 Å². The molecule has 8 heteroatoms. The Bertz CT molecular complexity index is 987. The van der Waals surface area contributed by atoms with Crippen molar-refractivity contribution < 1.29 is 23.5 Å². The number of nitrogens with one attached hydrogen (secondary N) is 3. The topological polar surface area (TPSA) is 90.5 Å². The molecule has 1 amide bonds. The quantitative estimate of drug-likeness (QED) is 0.441. The third kappa shape index (κ3) is 8.71. The van der Waals surface area contributed by atoms with E-state index in [1.165, 1.54) is 31.5 Å². The van der Waals surface area contributed by atoms with Crippen LogP contribution in [0.3, 0.4) is 0 Å². The van der Waals surface area contributed by atoms with Crippen LogP contribution in [0.4, 0.5) is 14.5 Å². The smallest absolute Gasteiger partial charge is 0.217 e. The number of aliphatic hydroxyl groups is 1. The monoisotopic (exact) mass is 489 g/mol. The summed E-state index contributed by atoms with van der Waals surface area (Å²) < 4.78 is 27.2. The van der Waals surface area contributed by atoms with Crippen molar-refractivity contribution >= 4 is 17.9 Å². The number of rotatable bonds is 7. The van der Waals surface area contributed by atoms with Gasteiger partial charge in [0.1, 0.15) is 17.9 Å². The number of halogens is 2. The van der Waals surface area contributed by atoms with Gasteiger partial charge in [0.25, 0.3) is 0 Å². The van der Waals surface area contributed by atoms with Crippen molar-refractivity contribution in [1.29, 1.82) is 0 Å². The van der Waals surface area contributed by atoms with E-state index < -0.39 is 23.8 Å². The molecule has 0 unspecified atom stereocenters. The van der Waals surface area contributed by atoms with E-state index >= 15 is 0 Å². The van der Waals surface area contributed by atoms with E-state index in [1.54, 1.807) is 0 Å². The molecular formula is C27H37F2N3O3. The summed E-state index contributed by atoms with van der Waals surface area (Å²) in [6.45, 7) is 10.4. The predicted octanol–water partition coefficient (Wildman–Crippen LogP) is 4.02. The Balaban J connectivity index is 0.00000137. The van der Waals surface area contributed by atoms with Crippen molar-refractivity contribution in [2.75, 3.05) is 18.4 Å². The van der Waals surface area contributed by atoms with Crippen molar-refractivity contribution in [3.63, 3.8) is 0 Å². The average molecular weight is 490 g/mol. The van der Waals surface area contributed by atoms with E-state index in [2.05, 4.69) is 54.9 Å². The van der Waals surface area contributed by atoms with Crippen LogP contribution in [0.25, 0.3) is 0 Å². The summed E-state index contributed by atoms with van der Waals surface area (Å²) in [6, 6.07) is 9.04. The van der Waals surface area contributed by atoms with Crippen LogP contribution in [0.2, 0.25) is 0 Å². The number of aldehydes is 1. The minimum atomic E-state index is -0.936. The van der Waals surface area contributed by atoms with E-state index in [0.717, 1.165) is 36.6 Å². The number of hydrogen-bond acceptors (Lipinski definition) is 5. The molecule has 35 heavy (non-hydrogen) atoms. The third-order valence-corrected chi connectivity index (χ3v) is 5.85.